The van der Waals surface area contributed by atoms with Gasteiger partial charge in [-0.2, -0.15) is 0 Å². The highest BCUT2D eigenvalue weighted by molar-refractivity contribution is 5.90. The van der Waals surface area contributed by atoms with E-state index >= 15 is 0 Å². The van der Waals surface area contributed by atoms with E-state index in [1.807, 2.05) is 26.8 Å². The van der Waals surface area contributed by atoms with Gasteiger partial charge in [0.2, 0.25) is 0 Å². The van der Waals surface area contributed by atoms with Crippen LogP contribution in [-0.4, -0.2) is 44.8 Å². The van der Waals surface area contributed by atoms with E-state index in [0.29, 0.717) is 13.0 Å². The summed E-state index contributed by atoms with van der Waals surface area (Å²) >= 11 is 0. The van der Waals surface area contributed by atoms with E-state index in [2.05, 4.69) is 13.0 Å². The Morgan fingerprint density at radius 2 is 1.89 bits per heavy atom. The SMILES string of the molecule is COCC1CC=CCCCC(C)C(OC)C(C)C(=O)C(C)(C)/C=C/C(=O)O1. The average molecular weight is 381 g/mol. The molecule has 0 saturated carbocycles. The van der Waals surface area contributed by atoms with Gasteiger partial charge in [-0.1, -0.05) is 32.1 Å². The second-order valence-corrected chi connectivity index (χ2v) is 8.04. The van der Waals surface area contributed by atoms with Crippen LogP contribution in [0.3, 0.4) is 0 Å². The molecule has 0 radical (unpaired) electrons. The lowest BCUT2D eigenvalue weighted by Gasteiger charge is -2.32. The normalized spacial score (nSPS) is 32.1. The first-order valence-electron chi connectivity index (χ1n) is 9.83. The molecule has 0 bridgehead atoms. The van der Waals surface area contributed by atoms with Gasteiger partial charge in [-0.15, -0.1) is 0 Å². The summed E-state index contributed by atoms with van der Waals surface area (Å²) in [6, 6.07) is 0. The maximum absolute atomic E-state index is 13.0. The van der Waals surface area contributed by atoms with Crippen LogP contribution >= 0.6 is 0 Å². The molecular formula is C22H36O5. The molecule has 0 fully saturated rings. The minimum atomic E-state index is -0.775. The Morgan fingerprint density at radius 3 is 2.52 bits per heavy atom. The van der Waals surface area contributed by atoms with Gasteiger partial charge in [0.05, 0.1) is 12.7 Å². The smallest absolute Gasteiger partial charge is 0.330 e. The zero-order valence-corrected chi connectivity index (χ0v) is 17.7. The molecule has 27 heavy (non-hydrogen) atoms. The van der Waals surface area contributed by atoms with E-state index in [-0.39, 0.29) is 29.8 Å². The van der Waals surface area contributed by atoms with Crippen molar-refractivity contribution in [3.05, 3.63) is 24.3 Å². The quantitative estimate of drug-likeness (QED) is 0.544. The number of carbonyl (C=O) groups excluding carboxylic acids is 2. The van der Waals surface area contributed by atoms with Gasteiger partial charge in [0, 0.05) is 38.0 Å². The van der Waals surface area contributed by atoms with E-state index in [9.17, 15) is 9.59 Å². The molecule has 0 aliphatic carbocycles. The van der Waals surface area contributed by atoms with Crippen LogP contribution < -0.4 is 0 Å². The van der Waals surface area contributed by atoms with Crippen molar-refractivity contribution in [2.75, 3.05) is 20.8 Å². The van der Waals surface area contributed by atoms with Gasteiger partial charge in [0.25, 0.3) is 0 Å². The molecule has 5 nitrogen and oxygen atoms in total. The van der Waals surface area contributed by atoms with Crippen molar-refractivity contribution >= 4 is 11.8 Å². The Labute approximate surface area is 164 Å². The third-order valence-electron chi connectivity index (χ3n) is 5.24. The van der Waals surface area contributed by atoms with Crippen LogP contribution in [0.5, 0.6) is 0 Å². The molecule has 0 aromatic heterocycles. The molecule has 1 aliphatic heterocycles. The third kappa shape index (κ3) is 7.59. The van der Waals surface area contributed by atoms with Crippen molar-refractivity contribution in [1.82, 2.24) is 0 Å². The Balaban J connectivity index is 3.05. The monoisotopic (exact) mass is 380 g/mol. The molecule has 0 amide bonds. The maximum atomic E-state index is 13.0. The summed E-state index contributed by atoms with van der Waals surface area (Å²) in [6.45, 7) is 8.05. The van der Waals surface area contributed by atoms with Crippen molar-refractivity contribution in [1.29, 1.82) is 0 Å². The van der Waals surface area contributed by atoms with Crippen LogP contribution in [0.15, 0.2) is 24.3 Å². The number of hydrogen-bond acceptors (Lipinski definition) is 5. The third-order valence-corrected chi connectivity index (χ3v) is 5.24. The van der Waals surface area contributed by atoms with Gasteiger partial charge >= 0.3 is 5.97 Å². The number of Topliss-reactive ketones (excluding diaryl/α,β-unsaturated/α-hetero) is 1. The molecule has 0 aromatic carbocycles. The number of rotatable bonds is 3. The molecule has 0 N–H and O–H groups in total. The summed E-state index contributed by atoms with van der Waals surface area (Å²) in [4.78, 5) is 25.2. The Morgan fingerprint density at radius 1 is 1.19 bits per heavy atom. The summed E-state index contributed by atoms with van der Waals surface area (Å²) in [5.74, 6) is -0.375. The van der Waals surface area contributed by atoms with Gasteiger partial charge in [0.1, 0.15) is 11.9 Å². The average Bonchev–Trinajstić information content (AvgIpc) is 2.62. The van der Waals surface area contributed by atoms with Crippen LogP contribution in [0, 0.1) is 17.3 Å². The van der Waals surface area contributed by atoms with Gasteiger partial charge in [-0.25, -0.2) is 4.79 Å². The first kappa shape index (κ1) is 23.6. The topological polar surface area (TPSA) is 61.8 Å². The minimum absolute atomic E-state index is 0.0608. The van der Waals surface area contributed by atoms with Crippen molar-refractivity contribution in [3.63, 3.8) is 0 Å². The summed E-state index contributed by atoms with van der Waals surface area (Å²) in [7, 11) is 3.25. The summed E-state index contributed by atoms with van der Waals surface area (Å²) < 4.78 is 16.3. The molecule has 1 rings (SSSR count). The second-order valence-electron chi connectivity index (χ2n) is 8.04. The van der Waals surface area contributed by atoms with Crippen LogP contribution in [0.1, 0.15) is 53.4 Å². The predicted molar refractivity (Wildman–Crippen MR) is 106 cm³/mol. The lowest BCUT2D eigenvalue weighted by molar-refractivity contribution is -0.145. The Hall–Kier alpha value is -1.46. The van der Waals surface area contributed by atoms with Crippen molar-refractivity contribution in [2.24, 2.45) is 17.3 Å². The molecule has 5 heteroatoms. The van der Waals surface area contributed by atoms with E-state index < -0.39 is 11.4 Å². The van der Waals surface area contributed by atoms with Gasteiger partial charge in [-0.3, -0.25) is 4.79 Å². The fourth-order valence-electron chi connectivity index (χ4n) is 3.65. The van der Waals surface area contributed by atoms with Crippen LogP contribution in [0.2, 0.25) is 0 Å². The van der Waals surface area contributed by atoms with Crippen molar-refractivity contribution < 1.29 is 23.8 Å². The molecule has 4 atom stereocenters. The molecule has 154 valence electrons. The number of esters is 1. The predicted octanol–water partition coefficient (Wildman–Crippen LogP) is 4.11. The summed E-state index contributed by atoms with van der Waals surface area (Å²) in [6.07, 6.45) is 10.3. The number of carbonyl (C=O) groups is 2. The van der Waals surface area contributed by atoms with Gasteiger partial charge in [-0.05, 0) is 39.0 Å². The molecule has 1 heterocycles. The summed E-state index contributed by atoms with van der Waals surface area (Å²) in [5.41, 5.74) is -0.775. The van der Waals surface area contributed by atoms with E-state index in [1.54, 1.807) is 20.3 Å². The number of methoxy groups -OCH3 is 2. The number of cyclic esters (lactones) is 1. The fourth-order valence-corrected chi connectivity index (χ4v) is 3.65. The van der Waals surface area contributed by atoms with Crippen molar-refractivity contribution in [2.45, 2.75) is 65.6 Å². The summed E-state index contributed by atoms with van der Waals surface area (Å²) in [5, 5.41) is 0. The minimum Gasteiger partial charge on any atom is -0.456 e. The van der Waals surface area contributed by atoms with E-state index in [0.717, 1.165) is 19.3 Å². The Bertz CT molecular complexity index is 535. The molecule has 4 unspecified atom stereocenters. The van der Waals surface area contributed by atoms with Crippen LogP contribution in [-0.2, 0) is 23.8 Å². The number of hydrogen-bond donors (Lipinski definition) is 0. The number of ether oxygens (including phenoxy) is 3. The molecule has 0 aromatic rings. The highest BCUT2D eigenvalue weighted by Gasteiger charge is 2.36. The lowest BCUT2D eigenvalue weighted by atomic mass is 9.76. The number of allylic oxidation sites excluding steroid dienone is 2. The lowest BCUT2D eigenvalue weighted by Crippen LogP contribution is -2.39. The number of ketones is 1. The van der Waals surface area contributed by atoms with E-state index in [1.165, 1.54) is 6.08 Å². The first-order valence-corrected chi connectivity index (χ1v) is 9.83. The van der Waals surface area contributed by atoms with E-state index in [4.69, 9.17) is 14.2 Å². The zero-order chi connectivity index (χ0) is 20.4. The maximum Gasteiger partial charge on any atom is 0.330 e. The fraction of sp³-hybridized carbons (Fsp3) is 0.727. The second kappa shape index (κ2) is 11.4. The largest absolute Gasteiger partial charge is 0.456 e. The van der Waals surface area contributed by atoms with Crippen LogP contribution in [0.25, 0.3) is 0 Å². The highest BCUT2D eigenvalue weighted by Crippen LogP contribution is 2.30. The molecule has 1 aliphatic rings. The Kier molecular flexibility index (Phi) is 9.95. The van der Waals surface area contributed by atoms with Gasteiger partial charge in [0.15, 0.2) is 0 Å². The zero-order valence-electron chi connectivity index (χ0n) is 17.7. The highest BCUT2D eigenvalue weighted by atomic mass is 16.6. The van der Waals surface area contributed by atoms with Crippen molar-refractivity contribution in [3.8, 4) is 0 Å². The molecular weight excluding hydrogens is 344 g/mol. The van der Waals surface area contributed by atoms with Gasteiger partial charge < -0.3 is 14.2 Å². The van der Waals surface area contributed by atoms with Crippen LogP contribution in [0.4, 0.5) is 0 Å². The first-order chi connectivity index (χ1) is 12.7. The molecule has 0 saturated heterocycles. The molecule has 0 spiro atoms. The standard InChI is InChI=1S/C22H36O5/c1-16-11-9-7-8-10-12-18(15-25-5)27-19(23)13-14-22(3,4)21(24)17(2)20(16)26-6/h8,10,13-14,16-18,20H,7,9,11-12,15H2,1-6H3/b10-8?,14-13+.